The number of rotatable bonds is 5. The van der Waals surface area contributed by atoms with Crippen LogP contribution in [0.1, 0.15) is 22.8 Å². The molecule has 8 heteroatoms. The first-order valence-electron chi connectivity index (χ1n) is 5.63. The summed E-state index contributed by atoms with van der Waals surface area (Å²) in [5.74, 6) is -2.06. The highest BCUT2D eigenvalue weighted by atomic mass is 32.2. The number of carboxylic acids is 1. The molecule has 1 unspecified atom stereocenters. The molecular weight excluding hydrogens is 286 g/mol. The second-order valence-corrected chi connectivity index (χ2v) is 6.10. The van der Waals surface area contributed by atoms with Gasteiger partial charge in [0.25, 0.3) is 0 Å². The number of hydrogen-bond acceptors (Lipinski definition) is 5. The third-order valence-electron chi connectivity index (χ3n) is 2.81. The van der Waals surface area contributed by atoms with Gasteiger partial charge in [-0.3, -0.25) is 9.52 Å². The third-order valence-corrected chi connectivity index (χ3v) is 4.44. The number of methoxy groups -OCH3 is 1. The monoisotopic (exact) mass is 301 g/mol. The lowest BCUT2D eigenvalue weighted by Gasteiger charge is -2.15. The molecule has 0 amide bonds. The largest absolute Gasteiger partial charge is 0.478 e. The quantitative estimate of drug-likeness (QED) is 0.785. The molecule has 1 aromatic carbocycles. The summed E-state index contributed by atoms with van der Waals surface area (Å²) in [6.07, 6.45) is 0. The number of sulfonamides is 1. The second kappa shape index (κ2) is 5.91. The van der Waals surface area contributed by atoms with Crippen LogP contribution in [-0.4, -0.2) is 37.8 Å². The van der Waals surface area contributed by atoms with Gasteiger partial charge in [-0.25, -0.2) is 13.2 Å². The molecule has 0 radical (unpaired) electrons. The third kappa shape index (κ3) is 3.27. The first-order chi connectivity index (χ1) is 9.20. The van der Waals surface area contributed by atoms with E-state index in [4.69, 9.17) is 5.11 Å². The van der Waals surface area contributed by atoms with Crippen molar-refractivity contribution in [3.05, 3.63) is 29.3 Å². The summed E-state index contributed by atoms with van der Waals surface area (Å²) in [4.78, 5) is 22.2. The highest BCUT2D eigenvalue weighted by molar-refractivity contribution is 7.94. The van der Waals surface area contributed by atoms with Crippen LogP contribution in [0.3, 0.4) is 0 Å². The topological polar surface area (TPSA) is 110 Å². The minimum atomic E-state index is -4.01. The standard InChI is InChI=1S/C12H15NO6S/c1-7-9(11(14)15)5-4-6-10(7)13-20(17,18)8(2)12(16)19-3/h4-6,8,13H,1-3H3,(H,14,15). The second-order valence-electron chi connectivity index (χ2n) is 4.10. The van der Waals surface area contributed by atoms with Crippen LogP contribution in [0.2, 0.25) is 0 Å². The van der Waals surface area contributed by atoms with Gasteiger partial charge in [0.05, 0.1) is 18.4 Å². The average Bonchev–Trinajstić information content (AvgIpc) is 2.38. The van der Waals surface area contributed by atoms with Crippen LogP contribution in [0.5, 0.6) is 0 Å². The normalized spacial score (nSPS) is 12.6. The van der Waals surface area contributed by atoms with Gasteiger partial charge in [-0.2, -0.15) is 0 Å². The van der Waals surface area contributed by atoms with E-state index in [2.05, 4.69) is 9.46 Å². The van der Waals surface area contributed by atoms with Crippen molar-refractivity contribution in [3.63, 3.8) is 0 Å². The summed E-state index contributed by atoms with van der Waals surface area (Å²) in [7, 11) is -2.92. The average molecular weight is 301 g/mol. The molecule has 0 aliphatic rings. The van der Waals surface area contributed by atoms with Crippen LogP contribution in [-0.2, 0) is 19.6 Å². The fraction of sp³-hybridized carbons (Fsp3) is 0.333. The first-order valence-corrected chi connectivity index (χ1v) is 7.17. The van der Waals surface area contributed by atoms with E-state index in [0.29, 0.717) is 0 Å². The zero-order valence-corrected chi connectivity index (χ0v) is 12.0. The Morgan fingerprint density at radius 2 is 1.95 bits per heavy atom. The molecule has 20 heavy (non-hydrogen) atoms. The van der Waals surface area contributed by atoms with Crippen molar-refractivity contribution >= 4 is 27.6 Å². The van der Waals surface area contributed by atoms with Crippen LogP contribution < -0.4 is 4.72 Å². The number of carboxylic acid groups (broad SMARTS) is 1. The molecule has 1 atom stereocenters. The smallest absolute Gasteiger partial charge is 0.336 e. The molecule has 0 aliphatic carbocycles. The van der Waals surface area contributed by atoms with E-state index in [0.717, 1.165) is 7.11 Å². The van der Waals surface area contributed by atoms with Gasteiger partial charge in [0.15, 0.2) is 5.25 Å². The van der Waals surface area contributed by atoms with Crippen molar-refractivity contribution in [2.24, 2.45) is 0 Å². The number of anilines is 1. The molecule has 0 saturated carbocycles. The Hall–Kier alpha value is -2.09. The number of ether oxygens (including phenoxy) is 1. The number of carbonyl (C=O) groups is 2. The van der Waals surface area contributed by atoms with Crippen molar-refractivity contribution in [1.29, 1.82) is 0 Å². The molecule has 2 N–H and O–H groups in total. The lowest BCUT2D eigenvalue weighted by Crippen LogP contribution is -2.33. The SMILES string of the molecule is COC(=O)C(C)S(=O)(=O)Nc1cccc(C(=O)O)c1C. The Balaban J connectivity index is 3.14. The van der Waals surface area contributed by atoms with Crippen LogP contribution in [0.15, 0.2) is 18.2 Å². The zero-order chi connectivity index (χ0) is 15.5. The van der Waals surface area contributed by atoms with E-state index in [-0.39, 0.29) is 16.8 Å². The van der Waals surface area contributed by atoms with Crippen molar-refractivity contribution < 1.29 is 27.9 Å². The van der Waals surface area contributed by atoms with E-state index in [9.17, 15) is 18.0 Å². The van der Waals surface area contributed by atoms with E-state index in [1.807, 2.05) is 0 Å². The van der Waals surface area contributed by atoms with Gasteiger partial charge in [0.1, 0.15) is 0 Å². The zero-order valence-electron chi connectivity index (χ0n) is 11.2. The van der Waals surface area contributed by atoms with E-state index in [1.54, 1.807) is 0 Å². The van der Waals surface area contributed by atoms with Crippen molar-refractivity contribution in [2.45, 2.75) is 19.1 Å². The maximum atomic E-state index is 12.0. The summed E-state index contributed by atoms with van der Waals surface area (Å²) >= 11 is 0. The van der Waals surface area contributed by atoms with E-state index >= 15 is 0 Å². The number of benzene rings is 1. The van der Waals surface area contributed by atoms with Crippen LogP contribution in [0.25, 0.3) is 0 Å². The minimum Gasteiger partial charge on any atom is -0.478 e. The van der Waals surface area contributed by atoms with E-state index in [1.165, 1.54) is 32.0 Å². The molecule has 0 fully saturated rings. The van der Waals surface area contributed by atoms with E-state index < -0.39 is 27.2 Å². The molecular formula is C12H15NO6S. The molecule has 0 aliphatic heterocycles. The van der Waals surface area contributed by atoms with Gasteiger partial charge in [0.2, 0.25) is 10.0 Å². The maximum absolute atomic E-state index is 12.0. The molecule has 1 aromatic rings. The Labute approximate surface area is 116 Å². The van der Waals surface area contributed by atoms with Crippen molar-refractivity contribution in [3.8, 4) is 0 Å². The first kappa shape index (κ1) is 16.0. The minimum absolute atomic E-state index is 0.0177. The summed E-state index contributed by atoms with van der Waals surface area (Å²) in [5.41, 5.74) is 0.359. The molecule has 0 saturated heterocycles. The number of esters is 1. The Morgan fingerprint density at radius 1 is 1.35 bits per heavy atom. The highest BCUT2D eigenvalue weighted by Gasteiger charge is 2.29. The summed E-state index contributed by atoms with van der Waals surface area (Å²) < 4.78 is 30.5. The van der Waals surface area contributed by atoms with Gasteiger partial charge in [-0.1, -0.05) is 6.07 Å². The molecule has 110 valence electrons. The molecule has 1 rings (SSSR count). The van der Waals surface area contributed by atoms with Gasteiger partial charge in [0, 0.05) is 0 Å². The maximum Gasteiger partial charge on any atom is 0.336 e. The highest BCUT2D eigenvalue weighted by Crippen LogP contribution is 2.21. The van der Waals surface area contributed by atoms with Gasteiger partial charge >= 0.3 is 11.9 Å². The van der Waals surface area contributed by atoms with Crippen molar-refractivity contribution in [1.82, 2.24) is 0 Å². The summed E-state index contributed by atoms with van der Waals surface area (Å²) in [5, 5.41) is 7.57. The Bertz CT molecular complexity index is 637. The fourth-order valence-corrected chi connectivity index (χ4v) is 2.57. The predicted octanol–water partition coefficient (Wildman–Crippen LogP) is 0.996. The molecule has 0 spiro atoms. The molecule has 7 nitrogen and oxygen atoms in total. The molecule has 0 bridgehead atoms. The number of hydrogen-bond donors (Lipinski definition) is 2. The lowest BCUT2D eigenvalue weighted by molar-refractivity contribution is -0.139. The van der Waals surface area contributed by atoms with Gasteiger partial charge in [-0.15, -0.1) is 0 Å². The van der Waals surface area contributed by atoms with Crippen LogP contribution >= 0.6 is 0 Å². The Morgan fingerprint density at radius 3 is 2.45 bits per heavy atom. The number of aromatic carboxylic acids is 1. The lowest BCUT2D eigenvalue weighted by atomic mass is 10.1. The number of carbonyl (C=O) groups excluding carboxylic acids is 1. The number of nitrogens with one attached hydrogen (secondary N) is 1. The fourth-order valence-electron chi connectivity index (χ4n) is 1.51. The summed E-state index contributed by atoms with van der Waals surface area (Å²) in [6, 6.07) is 4.19. The van der Waals surface area contributed by atoms with Gasteiger partial charge in [-0.05, 0) is 31.5 Å². The molecule has 0 aromatic heterocycles. The van der Waals surface area contributed by atoms with Gasteiger partial charge < -0.3 is 9.84 Å². The predicted molar refractivity (Wildman–Crippen MR) is 72.2 cm³/mol. The van der Waals surface area contributed by atoms with Crippen LogP contribution in [0, 0.1) is 6.92 Å². The summed E-state index contributed by atoms with van der Waals surface area (Å²) in [6.45, 7) is 2.66. The Kier molecular flexibility index (Phi) is 4.72. The van der Waals surface area contributed by atoms with Crippen molar-refractivity contribution in [2.75, 3.05) is 11.8 Å². The van der Waals surface area contributed by atoms with Crippen LogP contribution in [0.4, 0.5) is 5.69 Å². The molecule has 0 heterocycles.